The van der Waals surface area contributed by atoms with Crippen LogP contribution in [0.2, 0.25) is 5.02 Å². The number of aliphatic hydroxyl groups is 1. The lowest BCUT2D eigenvalue weighted by atomic mass is 9.74. The average molecular weight is 418 g/mol. The van der Waals surface area contributed by atoms with Crippen molar-refractivity contribution in [2.45, 2.75) is 57.0 Å². The van der Waals surface area contributed by atoms with Gasteiger partial charge in [0.1, 0.15) is 11.3 Å². The molecule has 5 rings (SSSR count). The molecule has 1 saturated carbocycles. The molecule has 0 radical (unpaired) electrons. The molecule has 2 fully saturated rings. The van der Waals surface area contributed by atoms with E-state index in [9.17, 15) is 9.90 Å². The van der Waals surface area contributed by atoms with E-state index in [2.05, 4.69) is 21.6 Å². The van der Waals surface area contributed by atoms with Crippen LogP contribution in [0, 0.1) is 5.92 Å². The van der Waals surface area contributed by atoms with Crippen LogP contribution in [0.15, 0.2) is 16.5 Å². The van der Waals surface area contributed by atoms with Crippen molar-refractivity contribution in [3.63, 3.8) is 0 Å². The van der Waals surface area contributed by atoms with Gasteiger partial charge in [0.05, 0.1) is 22.8 Å². The zero-order chi connectivity index (χ0) is 20.0. The molecule has 1 unspecified atom stereocenters. The highest BCUT2D eigenvalue weighted by molar-refractivity contribution is 6.35. The van der Waals surface area contributed by atoms with E-state index < -0.39 is 5.54 Å². The Kier molecular flexibility index (Phi) is 4.96. The highest BCUT2D eigenvalue weighted by atomic mass is 35.5. The van der Waals surface area contributed by atoms with Gasteiger partial charge >= 0.3 is 6.03 Å². The molecule has 1 aliphatic carbocycles. The maximum absolute atomic E-state index is 12.4. The van der Waals surface area contributed by atoms with Crippen LogP contribution in [0.1, 0.15) is 56.3 Å². The summed E-state index contributed by atoms with van der Waals surface area (Å²) in [5.41, 5.74) is 2.15. The first-order chi connectivity index (χ1) is 14.1. The second-order valence-corrected chi connectivity index (χ2v) is 9.29. The van der Waals surface area contributed by atoms with Crippen molar-refractivity contribution in [3.05, 3.63) is 28.5 Å². The molecule has 29 heavy (non-hydrogen) atoms. The first-order valence-corrected chi connectivity index (χ1v) is 11.1. The van der Waals surface area contributed by atoms with Gasteiger partial charge in [0.2, 0.25) is 0 Å². The Morgan fingerprint density at radius 2 is 2.07 bits per heavy atom. The second-order valence-electron chi connectivity index (χ2n) is 8.89. The number of benzene rings is 1. The maximum Gasteiger partial charge on any atom is 0.319 e. The molecular formula is C22H28ClN3O3. The predicted molar refractivity (Wildman–Crippen MR) is 113 cm³/mol. The number of nitrogens with zero attached hydrogens (tertiary/aromatic N) is 1. The van der Waals surface area contributed by atoms with Gasteiger partial charge in [-0.1, -0.05) is 30.9 Å². The van der Waals surface area contributed by atoms with Gasteiger partial charge in [0.15, 0.2) is 0 Å². The number of halogens is 1. The molecule has 156 valence electrons. The van der Waals surface area contributed by atoms with Crippen molar-refractivity contribution in [3.8, 4) is 0 Å². The number of furan rings is 1. The van der Waals surface area contributed by atoms with Crippen molar-refractivity contribution < 1.29 is 14.3 Å². The Hall–Kier alpha value is -1.76. The minimum absolute atomic E-state index is 0.184. The summed E-state index contributed by atoms with van der Waals surface area (Å²) in [6.45, 7) is 2.89. The van der Waals surface area contributed by atoms with E-state index in [0.717, 1.165) is 80.5 Å². The van der Waals surface area contributed by atoms with Crippen molar-refractivity contribution >= 4 is 34.3 Å². The van der Waals surface area contributed by atoms with Crippen LogP contribution in [0.25, 0.3) is 11.0 Å². The number of amides is 2. The van der Waals surface area contributed by atoms with E-state index in [-0.39, 0.29) is 12.6 Å². The van der Waals surface area contributed by atoms with Gasteiger partial charge in [-0.05, 0) is 50.3 Å². The number of urea groups is 1. The van der Waals surface area contributed by atoms with Gasteiger partial charge in [-0.25, -0.2) is 4.79 Å². The topological polar surface area (TPSA) is 77.7 Å². The maximum atomic E-state index is 12.4. The molecule has 1 atom stereocenters. The summed E-state index contributed by atoms with van der Waals surface area (Å²) < 4.78 is 6.40. The number of carbonyl (C=O) groups is 1. The summed E-state index contributed by atoms with van der Waals surface area (Å²) in [5.74, 6) is 1.26. The lowest BCUT2D eigenvalue weighted by molar-refractivity contribution is 0.111. The average Bonchev–Trinajstić information content (AvgIpc) is 3.10. The minimum atomic E-state index is -0.401. The van der Waals surface area contributed by atoms with Crippen LogP contribution in [-0.2, 0) is 12.1 Å². The summed E-state index contributed by atoms with van der Waals surface area (Å²) in [6.07, 6.45) is 7.35. The number of carbonyl (C=O) groups excluding carboxylic acids is 1. The Morgan fingerprint density at radius 3 is 2.86 bits per heavy atom. The van der Waals surface area contributed by atoms with Crippen molar-refractivity contribution in [1.29, 1.82) is 0 Å². The number of nitrogens with one attached hydrogen (secondary N) is 2. The molecule has 3 N–H and O–H groups in total. The second kappa shape index (κ2) is 7.49. The van der Waals surface area contributed by atoms with E-state index in [0.29, 0.717) is 16.6 Å². The Labute approximate surface area is 175 Å². The first-order valence-electron chi connectivity index (χ1n) is 10.8. The van der Waals surface area contributed by atoms with Crippen LogP contribution in [0.3, 0.4) is 0 Å². The molecule has 3 aliphatic rings. The fourth-order valence-electron chi connectivity index (χ4n) is 5.48. The summed E-state index contributed by atoms with van der Waals surface area (Å²) in [5, 5.41) is 17.2. The first kappa shape index (κ1) is 19.2. The third-order valence-electron chi connectivity index (χ3n) is 6.83. The number of anilines is 1. The van der Waals surface area contributed by atoms with E-state index in [1.807, 2.05) is 6.07 Å². The van der Waals surface area contributed by atoms with Gasteiger partial charge in [-0.15, -0.1) is 0 Å². The smallest absolute Gasteiger partial charge is 0.319 e. The van der Waals surface area contributed by atoms with E-state index in [4.69, 9.17) is 16.0 Å². The van der Waals surface area contributed by atoms with Gasteiger partial charge in [-0.2, -0.15) is 0 Å². The molecule has 1 aromatic heterocycles. The van der Waals surface area contributed by atoms with Crippen molar-refractivity contribution in [1.82, 2.24) is 10.2 Å². The summed E-state index contributed by atoms with van der Waals surface area (Å²) in [6, 6.07) is 3.80. The number of likely N-dealkylation sites (tertiary alicyclic amines) is 1. The van der Waals surface area contributed by atoms with Crippen LogP contribution < -0.4 is 10.6 Å². The van der Waals surface area contributed by atoms with E-state index in [1.54, 1.807) is 0 Å². The van der Waals surface area contributed by atoms with Crippen LogP contribution in [0.4, 0.5) is 10.5 Å². The summed E-state index contributed by atoms with van der Waals surface area (Å²) >= 11 is 6.61. The summed E-state index contributed by atoms with van der Waals surface area (Å²) in [7, 11) is 0. The van der Waals surface area contributed by atoms with Crippen molar-refractivity contribution in [2.75, 3.05) is 25.0 Å². The molecule has 0 bridgehead atoms. The standard InChI is InChI=1S/C22H28ClN3O3/c23-17-10-15-9-16(12-26-8-4-5-14(11-26)13-27)29-20(15)18-19(17)24-21(28)25-22(18)6-2-1-3-7-22/h9-10,14,27H,1-8,11-13H2,(H2,24,25,28). The van der Waals surface area contributed by atoms with Crippen LogP contribution >= 0.6 is 11.6 Å². The number of fused-ring (bicyclic) bond motifs is 4. The molecular weight excluding hydrogens is 390 g/mol. The normalized spacial score (nSPS) is 24.3. The van der Waals surface area contributed by atoms with Gasteiger partial charge < -0.3 is 20.2 Å². The number of hydrogen-bond acceptors (Lipinski definition) is 4. The Balaban J connectivity index is 1.55. The van der Waals surface area contributed by atoms with E-state index >= 15 is 0 Å². The molecule has 6 nitrogen and oxygen atoms in total. The lowest BCUT2D eigenvalue weighted by Gasteiger charge is -2.42. The number of hydrogen-bond donors (Lipinski definition) is 3. The number of rotatable bonds is 3. The molecule has 2 aliphatic heterocycles. The highest BCUT2D eigenvalue weighted by Gasteiger charge is 2.43. The molecule has 1 aromatic carbocycles. The van der Waals surface area contributed by atoms with Gasteiger partial charge in [-0.3, -0.25) is 4.90 Å². The molecule has 2 aromatic rings. The SMILES string of the molecule is O=C1Nc2c(Cl)cc3cc(CN4CCCC(CO)C4)oc3c2C2(CCCCC2)N1. The molecule has 1 spiro atoms. The molecule has 1 saturated heterocycles. The fraction of sp³-hybridized carbons (Fsp3) is 0.591. The largest absolute Gasteiger partial charge is 0.459 e. The number of aliphatic hydroxyl groups excluding tert-OH is 1. The van der Waals surface area contributed by atoms with Crippen molar-refractivity contribution in [2.24, 2.45) is 5.92 Å². The molecule has 2 amide bonds. The van der Waals surface area contributed by atoms with Crippen LogP contribution in [0.5, 0.6) is 0 Å². The Morgan fingerprint density at radius 1 is 1.24 bits per heavy atom. The number of piperidine rings is 1. The fourth-order valence-corrected chi connectivity index (χ4v) is 5.74. The van der Waals surface area contributed by atoms with E-state index in [1.165, 1.54) is 6.42 Å². The monoisotopic (exact) mass is 417 g/mol. The minimum Gasteiger partial charge on any atom is -0.459 e. The lowest BCUT2D eigenvalue weighted by Crippen LogP contribution is -2.52. The molecule has 3 heterocycles. The van der Waals surface area contributed by atoms with Gasteiger partial charge in [0, 0.05) is 24.1 Å². The highest BCUT2D eigenvalue weighted by Crippen LogP contribution is 2.49. The van der Waals surface area contributed by atoms with Gasteiger partial charge in [0.25, 0.3) is 0 Å². The predicted octanol–water partition coefficient (Wildman–Crippen LogP) is 4.59. The van der Waals surface area contributed by atoms with Crippen LogP contribution in [-0.4, -0.2) is 35.7 Å². The zero-order valence-electron chi connectivity index (χ0n) is 16.6. The molecule has 7 heteroatoms. The zero-order valence-corrected chi connectivity index (χ0v) is 17.4. The summed E-state index contributed by atoms with van der Waals surface area (Å²) in [4.78, 5) is 14.7. The Bertz CT molecular complexity index is 935. The quantitative estimate of drug-likeness (QED) is 0.682. The third-order valence-corrected chi connectivity index (χ3v) is 7.13. The third kappa shape index (κ3) is 3.41.